The van der Waals surface area contributed by atoms with Crippen LogP contribution in [-0.4, -0.2) is 21.9 Å². The average molecular weight is 349 g/mol. The third-order valence-electron chi connectivity index (χ3n) is 2.92. The largest absolute Gasteiger partial charge is 0.507 e. The van der Waals surface area contributed by atoms with E-state index in [1.807, 2.05) is 0 Å². The molecule has 5 nitrogen and oxygen atoms in total. The third-order valence-corrected chi connectivity index (χ3v) is 3.41. The number of amides is 1. The second-order valence-electron chi connectivity index (χ2n) is 4.35. The maximum Gasteiger partial charge on any atom is 0.259 e. The van der Waals surface area contributed by atoms with Crippen molar-refractivity contribution in [2.24, 2.45) is 5.16 Å². The summed E-state index contributed by atoms with van der Waals surface area (Å²) in [5, 5.41) is 24.5. The van der Waals surface area contributed by atoms with E-state index in [9.17, 15) is 9.90 Å². The molecule has 0 aliphatic rings. The van der Waals surface area contributed by atoms with Crippen LogP contribution in [0.1, 0.15) is 22.8 Å². The lowest BCUT2D eigenvalue weighted by Crippen LogP contribution is -2.14. The number of nitrogens with zero attached hydrogens (tertiary/aromatic N) is 1. The Morgan fingerprint density at radius 3 is 2.57 bits per heavy atom. The van der Waals surface area contributed by atoms with E-state index in [1.165, 1.54) is 12.1 Å². The Labute approximate surface area is 130 Å². The summed E-state index contributed by atoms with van der Waals surface area (Å²) in [6.45, 7) is 1.63. The summed E-state index contributed by atoms with van der Waals surface area (Å²) in [6, 6.07) is 11.6. The van der Waals surface area contributed by atoms with Crippen molar-refractivity contribution in [3.8, 4) is 5.75 Å². The maximum atomic E-state index is 12.2. The minimum absolute atomic E-state index is 0.119. The smallest absolute Gasteiger partial charge is 0.259 e. The van der Waals surface area contributed by atoms with Crippen molar-refractivity contribution in [1.82, 2.24) is 0 Å². The number of carbonyl (C=O) groups is 1. The average Bonchev–Trinajstić information content (AvgIpc) is 2.46. The monoisotopic (exact) mass is 348 g/mol. The zero-order valence-corrected chi connectivity index (χ0v) is 12.8. The zero-order valence-electron chi connectivity index (χ0n) is 11.2. The number of nitrogens with one attached hydrogen (secondary N) is 1. The molecule has 6 heteroatoms. The van der Waals surface area contributed by atoms with Gasteiger partial charge in [0, 0.05) is 10.0 Å². The standard InChI is InChI=1S/C15H13BrN2O3/c1-9(18-21)11-4-2-3-5-13(11)17-15(20)12-7-6-10(16)8-14(12)19/h2-8,19,21H,1H3,(H,17,20). The Bertz CT molecular complexity index is 714. The highest BCUT2D eigenvalue weighted by molar-refractivity contribution is 9.10. The lowest BCUT2D eigenvalue weighted by molar-refractivity contribution is 0.102. The van der Waals surface area contributed by atoms with Gasteiger partial charge in [0.05, 0.1) is 17.0 Å². The Morgan fingerprint density at radius 1 is 1.19 bits per heavy atom. The van der Waals surface area contributed by atoms with Gasteiger partial charge in [-0.15, -0.1) is 0 Å². The number of hydrogen-bond acceptors (Lipinski definition) is 4. The fraction of sp³-hybridized carbons (Fsp3) is 0.0667. The normalized spacial score (nSPS) is 11.2. The second-order valence-corrected chi connectivity index (χ2v) is 5.26. The number of phenolic OH excluding ortho intramolecular Hbond substituents is 1. The lowest BCUT2D eigenvalue weighted by atomic mass is 10.1. The van der Waals surface area contributed by atoms with E-state index < -0.39 is 5.91 Å². The van der Waals surface area contributed by atoms with Crippen molar-refractivity contribution in [1.29, 1.82) is 0 Å². The van der Waals surface area contributed by atoms with Crippen molar-refractivity contribution in [2.75, 3.05) is 5.32 Å². The number of benzene rings is 2. The number of halogens is 1. The van der Waals surface area contributed by atoms with Gasteiger partial charge in [0.25, 0.3) is 5.91 Å². The number of phenols is 1. The quantitative estimate of drug-likeness (QED) is 0.450. The van der Waals surface area contributed by atoms with Crippen LogP contribution in [-0.2, 0) is 0 Å². The molecule has 0 atom stereocenters. The fourth-order valence-electron chi connectivity index (χ4n) is 1.85. The van der Waals surface area contributed by atoms with Crippen LogP contribution in [0.4, 0.5) is 5.69 Å². The van der Waals surface area contributed by atoms with Gasteiger partial charge in [-0.25, -0.2) is 0 Å². The van der Waals surface area contributed by atoms with Gasteiger partial charge in [-0.05, 0) is 31.2 Å². The van der Waals surface area contributed by atoms with Crippen LogP contribution < -0.4 is 5.32 Å². The van der Waals surface area contributed by atoms with Crippen LogP contribution in [0.3, 0.4) is 0 Å². The predicted octanol–water partition coefficient (Wildman–Crippen LogP) is 3.61. The first-order valence-corrected chi connectivity index (χ1v) is 6.90. The van der Waals surface area contributed by atoms with E-state index in [2.05, 4.69) is 26.4 Å². The van der Waals surface area contributed by atoms with Crippen LogP contribution in [0.2, 0.25) is 0 Å². The molecule has 2 aromatic rings. The molecular formula is C15H13BrN2O3. The highest BCUT2D eigenvalue weighted by Gasteiger charge is 2.14. The number of carbonyl (C=O) groups excluding carboxylic acids is 1. The molecule has 2 aromatic carbocycles. The SMILES string of the molecule is CC(=NO)c1ccccc1NC(=O)c1ccc(Br)cc1O. The Morgan fingerprint density at radius 2 is 1.90 bits per heavy atom. The molecule has 0 aromatic heterocycles. The van der Waals surface area contributed by atoms with Crippen molar-refractivity contribution < 1.29 is 15.1 Å². The Balaban J connectivity index is 2.32. The van der Waals surface area contributed by atoms with Crippen molar-refractivity contribution in [3.63, 3.8) is 0 Å². The second kappa shape index (κ2) is 6.41. The molecule has 0 aliphatic heterocycles. The molecule has 0 fully saturated rings. The molecule has 0 unspecified atom stereocenters. The molecule has 0 aliphatic carbocycles. The molecule has 0 saturated heterocycles. The molecule has 1 amide bonds. The van der Waals surface area contributed by atoms with Gasteiger partial charge in [0.15, 0.2) is 0 Å². The van der Waals surface area contributed by atoms with Gasteiger partial charge in [0.1, 0.15) is 5.75 Å². The molecule has 0 radical (unpaired) electrons. The molecule has 3 N–H and O–H groups in total. The fourth-order valence-corrected chi connectivity index (χ4v) is 2.20. The summed E-state index contributed by atoms with van der Waals surface area (Å²) in [6.07, 6.45) is 0. The van der Waals surface area contributed by atoms with Crippen molar-refractivity contribution >= 4 is 33.2 Å². The number of para-hydroxylation sites is 1. The third kappa shape index (κ3) is 3.41. The summed E-state index contributed by atoms with van der Waals surface area (Å²) < 4.78 is 0.681. The van der Waals surface area contributed by atoms with E-state index in [-0.39, 0.29) is 11.3 Å². The van der Waals surface area contributed by atoms with E-state index in [4.69, 9.17) is 5.21 Å². The Kier molecular flexibility index (Phi) is 4.59. The van der Waals surface area contributed by atoms with E-state index in [0.29, 0.717) is 21.4 Å². The molecule has 0 bridgehead atoms. The summed E-state index contributed by atoms with van der Waals surface area (Å²) >= 11 is 3.22. The molecule has 0 heterocycles. The minimum Gasteiger partial charge on any atom is -0.507 e. The van der Waals surface area contributed by atoms with Crippen LogP contribution in [0.15, 0.2) is 52.1 Å². The van der Waals surface area contributed by atoms with Crippen molar-refractivity contribution in [2.45, 2.75) is 6.92 Å². The minimum atomic E-state index is -0.446. The molecule has 0 saturated carbocycles. The Hall–Kier alpha value is -2.34. The van der Waals surface area contributed by atoms with Gasteiger partial charge in [-0.1, -0.05) is 39.3 Å². The number of hydrogen-bond donors (Lipinski definition) is 3. The summed E-state index contributed by atoms with van der Waals surface area (Å²) in [5.41, 5.74) is 1.64. The molecule has 0 spiro atoms. The van der Waals surface area contributed by atoms with Crippen LogP contribution >= 0.6 is 15.9 Å². The number of rotatable bonds is 3. The van der Waals surface area contributed by atoms with E-state index >= 15 is 0 Å². The van der Waals surface area contributed by atoms with Crippen LogP contribution in [0, 0.1) is 0 Å². The highest BCUT2D eigenvalue weighted by Crippen LogP contribution is 2.24. The zero-order chi connectivity index (χ0) is 15.4. The molecule has 21 heavy (non-hydrogen) atoms. The topological polar surface area (TPSA) is 81.9 Å². The highest BCUT2D eigenvalue weighted by atomic mass is 79.9. The van der Waals surface area contributed by atoms with Gasteiger partial charge in [0.2, 0.25) is 0 Å². The first kappa shape index (κ1) is 15.1. The van der Waals surface area contributed by atoms with E-state index in [1.54, 1.807) is 37.3 Å². The van der Waals surface area contributed by atoms with Gasteiger partial charge >= 0.3 is 0 Å². The van der Waals surface area contributed by atoms with Gasteiger partial charge in [-0.2, -0.15) is 0 Å². The lowest BCUT2D eigenvalue weighted by Gasteiger charge is -2.11. The molecule has 2 rings (SSSR count). The molecule has 108 valence electrons. The number of anilines is 1. The first-order valence-electron chi connectivity index (χ1n) is 6.11. The number of aromatic hydroxyl groups is 1. The molecular weight excluding hydrogens is 336 g/mol. The first-order chi connectivity index (χ1) is 10.0. The summed E-state index contributed by atoms with van der Waals surface area (Å²) in [5.74, 6) is -0.565. The van der Waals surface area contributed by atoms with Gasteiger partial charge < -0.3 is 15.6 Å². The summed E-state index contributed by atoms with van der Waals surface area (Å²) in [7, 11) is 0. The summed E-state index contributed by atoms with van der Waals surface area (Å²) in [4.78, 5) is 12.2. The number of oxime groups is 1. The van der Waals surface area contributed by atoms with Crippen molar-refractivity contribution in [3.05, 3.63) is 58.1 Å². The van der Waals surface area contributed by atoms with Crippen LogP contribution in [0.5, 0.6) is 5.75 Å². The predicted molar refractivity (Wildman–Crippen MR) is 84.2 cm³/mol. The van der Waals surface area contributed by atoms with Gasteiger partial charge in [-0.3, -0.25) is 4.79 Å². The van der Waals surface area contributed by atoms with E-state index in [0.717, 1.165) is 0 Å². The maximum absolute atomic E-state index is 12.2. The van der Waals surface area contributed by atoms with Crippen LogP contribution in [0.25, 0.3) is 0 Å².